The van der Waals surface area contributed by atoms with Crippen molar-refractivity contribution in [1.29, 1.82) is 0 Å². The maximum atomic E-state index is 12.4. The molecule has 8 heteroatoms. The number of nitrogens with zero attached hydrogens (tertiary/aromatic N) is 2. The quantitative estimate of drug-likeness (QED) is 0.850. The molecule has 2 amide bonds. The number of piperazine rings is 1. The first-order valence-corrected chi connectivity index (χ1v) is 7.27. The molecule has 0 aromatic heterocycles. The van der Waals surface area contributed by atoms with Gasteiger partial charge < -0.3 is 19.3 Å². The Hall–Kier alpha value is -2.38. The Morgan fingerprint density at radius 3 is 2.43 bits per heavy atom. The maximum absolute atomic E-state index is 12.4. The number of carbonyl (C=O) groups excluding carboxylic acids is 2. The number of hydrogen-bond donors (Lipinski definition) is 0. The normalized spacial score (nSPS) is 14.8. The zero-order valence-corrected chi connectivity index (χ0v) is 12.7. The van der Waals surface area contributed by atoms with E-state index in [1.165, 1.54) is 23.1 Å². The fourth-order valence-corrected chi connectivity index (χ4v) is 2.29. The highest BCUT2D eigenvalue weighted by Gasteiger charge is 2.25. The number of ether oxygens (including phenoxy) is 2. The molecule has 1 aliphatic rings. The predicted molar refractivity (Wildman–Crippen MR) is 77.6 cm³/mol. The molecule has 126 valence electrons. The summed E-state index contributed by atoms with van der Waals surface area (Å²) in [5.41, 5.74) is 0.271. The van der Waals surface area contributed by atoms with Crippen molar-refractivity contribution >= 4 is 12.0 Å². The third-order valence-corrected chi connectivity index (χ3v) is 3.40. The molecule has 0 atom stereocenters. The van der Waals surface area contributed by atoms with E-state index in [4.69, 9.17) is 4.74 Å². The van der Waals surface area contributed by atoms with Gasteiger partial charge >= 0.3 is 12.7 Å². The van der Waals surface area contributed by atoms with Crippen LogP contribution in [-0.2, 0) is 4.74 Å². The monoisotopic (exact) mass is 328 g/mol. The van der Waals surface area contributed by atoms with E-state index >= 15 is 0 Å². The molecule has 0 saturated carbocycles. The van der Waals surface area contributed by atoms with Crippen LogP contribution in [0.3, 0.4) is 0 Å². The predicted octanol–water partition coefficient (Wildman–Crippen LogP) is 2.20. The number of benzene rings is 1. The second-order valence-electron chi connectivity index (χ2n) is 4.88. The third-order valence-electron chi connectivity index (χ3n) is 3.40. The molecule has 0 unspecified atom stereocenters. The first-order valence-electron chi connectivity index (χ1n) is 7.27. The summed E-state index contributed by atoms with van der Waals surface area (Å²) in [6, 6.07) is 5.67. The lowest BCUT2D eigenvalue weighted by Crippen LogP contribution is -2.50. The van der Waals surface area contributed by atoms with Crippen molar-refractivity contribution in [3.63, 3.8) is 0 Å². The standard InChI is InChI=1S/C15H18F2N2O4/c1-2-22-15(21)19-8-6-18(7-9-19)13(20)11-4-3-5-12(10-11)23-14(16)17/h3-5,10,14H,2,6-9H2,1H3. The zero-order chi connectivity index (χ0) is 16.8. The molecule has 1 aromatic rings. The Balaban J connectivity index is 1.96. The zero-order valence-electron chi connectivity index (χ0n) is 12.7. The van der Waals surface area contributed by atoms with E-state index in [1.54, 1.807) is 17.9 Å². The van der Waals surface area contributed by atoms with Crippen LogP contribution in [0.4, 0.5) is 13.6 Å². The lowest BCUT2D eigenvalue weighted by Gasteiger charge is -2.34. The van der Waals surface area contributed by atoms with Gasteiger partial charge in [0, 0.05) is 31.7 Å². The van der Waals surface area contributed by atoms with Crippen LogP contribution in [0.25, 0.3) is 0 Å². The van der Waals surface area contributed by atoms with Crippen LogP contribution in [0.15, 0.2) is 24.3 Å². The lowest BCUT2D eigenvalue weighted by molar-refractivity contribution is -0.0499. The molecule has 6 nitrogen and oxygen atoms in total. The van der Waals surface area contributed by atoms with Gasteiger partial charge in [0.2, 0.25) is 0 Å². The Morgan fingerprint density at radius 1 is 1.17 bits per heavy atom. The van der Waals surface area contributed by atoms with Crippen molar-refractivity contribution in [3.8, 4) is 5.75 Å². The number of rotatable bonds is 4. The molecule has 1 heterocycles. The van der Waals surface area contributed by atoms with Gasteiger partial charge in [0.05, 0.1) is 6.61 Å². The van der Waals surface area contributed by atoms with Gasteiger partial charge in [0.15, 0.2) is 0 Å². The Morgan fingerprint density at radius 2 is 1.83 bits per heavy atom. The number of hydrogen-bond acceptors (Lipinski definition) is 4. The van der Waals surface area contributed by atoms with Gasteiger partial charge in [-0.3, -0.25) is 4.79 Å². The molecule has 0 radical (unpaired) electrons. The molecule has 1 aromatic carbocycles. The van der Waals surface area contributed by atoms with Crippen molar-refractivity contribution in [1.82, 2.24) is 9.80 Å². The molecule has 1 saturated heterocycles. The minimum atomic E-state index is -2.94. The summed E-state index contributed by atoms with van der Waals surface area (Å²) < 4.78 is 33.6. The Bertz CT molecular complexity index is 560. The molecular weight excluding hydrogens is 310 g/mol. The summed E-state index contributed by atoms with van der Waals surface area (Å²) in [6.07, 6.45) is -0.396. The first-order chi connectivity index (χ1) is 11.0. The molecule has 0 bridgehead atoms. The first kappa shape index (κ1) is 17.0. The molecular formula is C15H18F2N2O4. The van der Waals surface area contributed by atoms with Crippen molar-refractivity contribution in [2.45, 2.75) is 13.5 Å². The lowest BCUT2D eigenvalue weighted by atomic mass is 10.1. The summed E-state index contributed by atoms with van der Waals surface area (Å²) in [6.45, 7) is 0.555. The van der Waals surface area contributed by atoms with Crippen LogP contribution in [0.2, 0.25) is 0 Å². The van der Waals surface area contributed by atoms with Crippen molar-refractivity contribution in [2.24, 2.45) is 0 Å². The maximum Gasteiger partial charge on any atom is 0.409 e. The SMILES string of the molecule is CCOC(=O)N1CCN(C(=O)c2cccc(OC(F)F)c2)CC1. The highest BCUT2D eigenvalue weighted by atomic mass is 19.3. The topological polar surface area (TPSA) is 59.1 Å². The van der Waals surface area contributed by atoms with Gasteiger partial charge in [-0.2, -0.15) is 8.78 Å². The van der Waals surface area contributed by atoms with Crippen LogP contribution < -0.4 is 4.74 Å². The van der Waals surface area contributed by atoms with Gasteiger partial charge in [-0.15, -0.1) is 0 Å². The van der Waals surface area contributed by atoms with Crippen molar-refractivity contribution < 1.29 is 27.8 Å². The Labute approximate surface area is 132 Å². The fraction of sp³-hybridized carbons (Fsp3) is 0.467. The minimum absolute atomic E-state index is 0.0593. The summed E-state index contributed by atoms with van der Waals surface area (Å²) >= 11 is 0. The van der Waals surface area contributed by atoms with E-state index in [0.29, 0.717) is 32.8 Å². The molecule has 23 heavy (non-hydrogen) atoms. The summed E-state index contributed by atoms with van der Waals surface area (Å²) in [4.78, 5) is 27.1. The van der Waals surface area contributed by atoms with Crippen LogP contribution in [-0.4, -0.2) is 61.2 Å². The highest BCUT2D eigenvalue weighted by molar-refractivity contribution is 5.94. The molecule has 0 aliphatic carbocycles. The van der Waals surface area contributed by atoms with E-state index in [2.05, 4.69) is 4.74 Å². The van der Waals surface area contributed by atoms with E-state index in [0.717, 1.165) is 0 Å². The molecule has 1 fully saturated rings. The summed E-state index contributed by atoms with van der Waals surface area (Å²) in [7, 11) is 0. The molecule has 0 spiro atoms. The smallest absolute Gasteiger partial charge is 0.409 e. The van der Waals surface area contributed by atoms with Gasteiger partial charge in [-0.1, -0.05) is 6.07 Å². The Kier molecular flexibility index (Phi) is 5.72. The third kappa shape index (κ3) is 4.54. The van der Waals surface area contributed by atoms with E-state index in [1.807, 2.05) is 0 Å². The second kappa shape index (κ2) is 7.75. The summed E-state index contributed by atoms with van der Waals surface area (Å²) in [5, 5.41) is 0. The fourth-order valence-electron chi connectivity index (χ4n) is 2.29. The van der Waals surface area contributed by atoms with E-state index < -0.39 is 12.7 Å². The number of amides is 2. The van der Waals surface area contributed by atoms with Crippen LogP contribution in [0, 0.1) is 0 Å². The number of carbonyl (C=O) groups is 2. The average molecular weight is 328 g/mol. The second-order valence-corrected chi connectivity index (χ2v) is 4.88. The van der Waals surface area contributed by atoms with Crippen molar-refractivity contribution in [3.05, 3.63) is 29.8 Å². The van der Waals surface area contributed by atoms with E-state index in [-0.39, 0.29) is 17.2 Å². The molecule has 2 rings (SSSR count). The largest absolute Gasteiger partial charge is 0.450 e. The van der Waals surface area contributed by atoms with Crippen LogP contribution >= 0.6 is 0 Å². The minimum Gasteiger partial charge on any atom is -0.450 e. The van der Waals surface area contributed by atoms with Gasteiger partial charge in [-0.05, 0) is 25.1 Å². The molecule has 0 N–H and O–H groups in total. The van der Waals surface area contributed by atoms with E-state index in [9.17, 15) is 18.4 Å². The summed E-state index contributed by atoms with van der Waals surface area (Å²) in [5.74, 6) is -0.343. The molecule has 1 aliphatic heterocycles. The van der Waals surface area contributed by atoms with Crippen LogP contribution in [0.5, 0.6) is 5.75 Å². The van der Waals surface area contributed by atoms with Gasteiger partial charge in [0.1, 0.15) is 5.75 Å². The van der Waals surface area contributed by atoms with Crippen LogP contribution in [0.1, 0.15) is 17.3 Å². The van der Waals surface area contributed by atoms with Gasteiger partial charge in [-0.25, -0.2) is 4.79 Å². The number of halogens is 2. The van der Waals surface area contributed by atoms with Gasteiger partial charge in [0.25, 0.3) is 5.91 Å². The number of alkyl halides is 2. The highest BCUT2D eigenvalue weighted by Crippen LogP contribution is 2.18. The van der Waals surface area contributed by atoms with Crippen molar-refractivity contribution in [2.75, 3.05) is 32.8 Å². The average Bonchev–Trinajstić information content (AvgIpc) is 2.54.